The first-order valence-electron chi connectivity index (χ1n) is 5.72. The average molecular weight is 281 g/mol. The molecule has 1 atom stereocenters. The van der Waals surface area contributed by atoms with Crippen LogP contribution in [-0.4, -0.2) is 4.21 Å². The van der Waals surface area contributed by atoms with Crippen LogP contribution in [0.15, 0.2) is 47.4 Å². The molecule has 2 nitrogen and oxygen atoms in total. The van der Waals surface area contributed by atoms with E-state index in [1.54, 1.807) is 12.1 Å². The molecule has 0 saturated heterocycles. The first kappa shape index (κ1) is 13.8. The fraction of sp³-hybridized carbons (Fsp3) is 0.143. The van der Waals surface area contributed by atoms with E-state index in [1.165, 1.54) is 30.3 Å². The predicted molar refractivity (Wildman–Crippen MR) is 70.8 cm³/mol. The number of rotatable bonds is 4. The summed E-state index contributed by atoms with van der Waals surface area (Å²) in [4.78, 5) is 0.0878. The highest BCUT2D eigenvalue weighted by atomic mass is 32.2. The molecule has 100 valence electrons. The first-order chi connectivity index (χ1) is 9.11. The minimum absolute atomic E-state index is 0.0579. The Hall–Kier alpha value is -1.59. The van der Waals surface area contributed by atoms with Crippen molar-refractivity contribution in [3.8, 4) is 0 Å². The lowest BCUT2D eigenvalue weighted by Gasteiger charge is -2.06. The zero-order valence-corrected chi connectivity index (χ0v) is 10.9. The van der Waals surface area contributed by atoms with Crippen LogP contribution in [0.3, 0.4) is 0 Å². The summed E-state index contributed by atoms with van der Waals surface area (Å²) in [6.07, 6.45) is 0. The van der Waals surface area contributed by atoms with E-state index in [0.717, 1.165) is 0 Å². The van der Waals surface area contributed by atoms with Gasteiger partial charge in [0.05, 0.1) is 21.4 Å². The molecule has 5 heteroatoms. The van der Waals surface area contributed by atoms with Gasteiger partial charge in [0.25, 0.3) is 0 Å². The maximum absolute atomic E-state index is 13.7. The molecule has 0 fully saturated rings. The quantitative estimate of drug-likeness (QED) is 0.936. The lowest BCUT2D eigenvalue weighted by molar-refractivity contribution is 0.593. The van der Waals surface area contributed by atoms with E-state index in [-0.39, 0.29) is 17.2 Å². The first-order valence-corrected chi connectivity index (χ1v) is 7.04. The summed E-state index contributed by atoms with van der Waals surface area (Å²) in [6.45, 7) is 0.244. The van der Waals surface area contributed by atoms with Crippen molar-refractivity contribution >= 4 is 10.8 Å². The molecule has 2 rings (SSSR count). The Kier molecular flexibility index (Phi) is 4.39. The van der Waals surface area contributed by atoms with Crippen molar-refractivity contribution in [2.45, 2.75) is 17.2 Å². The summed E-state index contributed by atoms with van der Waals surface area (Å²) in [5, 5.41) is 0. The Labute approximate surface area is 112 Å². The molecule has 0 amide bonds. The minimum atomic E-state index is -1.61. The van der Waals surface area contributed by atoms with Crippen molar-refractivity contribution in [2.24, 2.45) is 5.73 Å². The summed E-state index contributed by atoms with van der Waals surface area (Å²) < 4.78 is 39.2. The fourth-order valence-corrected chi connectivity index (χ4v) is 2.87. The van der Waals surface area contributed by atoms with Crippen LogP contribution in [0.2, 0.25) is 0 Å². The van der Waals surface area contributed by atoms with Gasteiger partial charge in [0.1, 0.15) is 11.6 Å². The van der Waals surface area contributed by atoms with Crippen LogP contribution in [0.4, 0.5) is 8.78 Å². The van der Waals surface area contributed by atoms with Gasteiger partial charge < -0.3 is 5.73 Å². The Balaban J connectivity index is 2.22. The van der Waals surface area contributed by atoms with Gasteiger partial charge in [0, 0.05) is 12.1 Å². The van der Waals surface area contributed by atoms with E-state index in [2.05, 4.69) is 0 Å². The highest BCUT2D eigenvalue weighted by Crippen LogP contribution is 2.18. The molecule has 2 N–H and O–H groups in total. The lowest BCUT2D eigenvalue weighted by Crippen LogP contribution is -2.03. The molecule has 0 aliphatic carbocycles. The van der Waals surface area contributed by atoms with Gasteiger partial charge in [0.2, 0.25) is 0 Å². The molecule has 0 spiro atoms. The number of benzene rings is 2. The molecule has 0 radical (unpaired) electrons. The summed E-state index contributed by atoms with van der Waals surface area (Å²) >= 11 is 0. The zero-order valence-electron chi connectivity index (χ0n) is 10.1. The largest absolute Gasteiger partial charge is 0.326 e. The Bertz CT molecular complexity index is 616. The molecule has 2 aromatic carbocycles. The summed E-state index contributed by atoms with van der Waals surface area (Å²) in [7, 11) is -1.61. The smallest absolute Gasteiger partial charge is 0.139 e. The third kappa shape index (κ3) is 3.24. The molecule has 0 heterocycles. The maximum Gasteiger partial charge on any atom is 0.139 e. The fourth-order valence-electron chi connectivity index (χ4n) is 1.68. The minimum Gasteiger partial charge on any atom is -0.326 e. The maximum atomic E-state index is 13.7. The molecule has 0 saturated carbocycles. The normalized spacial score (nSPS) is 12.4. The van der Waals surface area contributed by atoms with Crippen LogP contribution in [0.1, 0.15) is 11.1 Å². The van der Waals surface area contributed by atoms with Crippen LogP contribution in [0, 0.1) is 11.6 Å². The van der Waals surface area contributed by atoms with E-state index in [9.17, 15) is 13.0 Å². The van der Waals surface area contributed by atoms with Gasteiger partial charge in [-0.3, -0.25) is 4.21 Å². The molecule has 0 aliphatic rings. The molecule has 0 bridgehead atoms. The standard InChI is InChI=1S/C14H13F2NOS/c15-12-3-1-2-4-14(12)19(18)9-11-6-5-10(8-17)7-13(11)16/h1-7H,8-9,17H2. The Morgan fingerprint density at radius 3 is 2.42 bits per heavy atom. The van der Waals surface area contributed by atoms with Gasteiger partial charge in [-0.05, 0) is 23.8 Å². The highest BCUT2D eigenvalue weighted by molar-refractivity contribution is 7.84. The number of hydrogen-bond acceptors (Lipinski definition) is 2. The van der Waals surface area contributed by atoms with Crippen LogP contribution in [0.5, 0.6) is 0 Å². The third-order valence-electron chi connectivity index (χ3n) is 2.72. The molecular weight excluding hydrogens is 268 g/mol. The van der Waals surface area contributed by atoms with Gasteiger partial charge >= 0.3 is 0 Å². The molecule has 0 aromatic heterocycles. The van der Waals surface area contributed by atoms with E-state index < -0.39 is 22.4 Å². The number of nitrogens with two attached hydrogens (primary N) is 1. The van der Waals surface area contributed by atoms with Crippen LogP contribution >= 0.6 is 0 Å². The van der Waals surface area contributed by atoms with Crippen molar-refractivity contribution in [1.82, 2.24) is 0 Å². The van der Waals surface area contributed by atoms with Crippen molar-refractivity contribution in [3.63, 3.8) is 0 Å². The van der Waals surface area contributed by atoms with Crippen molar-refractivity contribution in [1.29, 1.82) is 0 Å². The SMILES string of the molecule is NCc1ccc(CS(=O)c2ccccc2F)c(F)c1. The third-order valence-corrected chi connectivity index (χ3v) is 4.12. The zero-order chi connectivity index (χ0) is 13.8. The van der Waals surface area contributed by atoms with Crippen LogP contribution < -0.4 is 5.73 Å². The molecular formula is C14H13F2NOS. The molecule has 0 aliphatic heterocycles. The van der Waals surface area contributed by atoms with Crippen molar-refractivity contribution in [2.75, 3.05) is 0 Å². The second-order valence-corrected chi connectivity index (χ2v) is 5.47. The van der Waals surface area contributed by atoms with Gasteiger partial charge in [-0.15, -0.1) is 0 Å². The van der Waals surface area contributed by atoms with Crippen molar-refractivity contribution in [3.05, 3.63) is 65.2 Å². The molecule has 19 heavy (non-hydrogen) atoms. The number of hydrogen-bond donors (Lipinski definition) is 1. The molecule has 1 unspecified atom stereocenters. The lowest BCUT2D eigenvalue weighted by atomic mass is 10.1. The topological polar surface area (TPSA) is 43.1 Å². The number of halogens is 2. The van der Waals surface area contributed by atoms with E-state index in [4.69, 9.17) is 5.73 Å². The van der Waals surface area contributed by atoms with Gasteiger partial charge in [-0.1, -0.05) is 24.3 Å². The van der Waals surface area contributed by atoms with E-state index in [1.807, 2.05) is 0 Å². The van der Waals surface area contributed by atoms with Gasteiger partial charge in [-0.25, -0.2) is 8.78 Å². The molecule has 2 aromatic rings. The monoisotopic (exact) mass is 281 g/mol. The highest BCUT2D eigenvalue weighted by Gasteiger charge is 2.12. The average Bonchev–Trinajstić information content (AvgIpc) is 2.41. The van der Waals surface area contributed by atoms with Gasteiger partial charge in [-0.2, -0.15) is 0 Å². The Morgan fingerprint density at radius 1 is 1.05 bits per heavy atom. The summed E-state index contributed by atoms with van der Waals surface area (Å²) in [5.41, 5.74) is 6.36. The Morgan fingerprint density at radius 2 is 1.79 bits per heavy atom. The van der Waals surface area contributed by atoms with E-state index >= 15 is 0 Å². The van der Waals surface area contributed by atoms with Gasteiger partial charge in [0.15, 0.2) is 0 Å². The predicted octanol–water partition coefficient (Wildman–Crippen LogP) is 2.73. The van der Waals surface area contributed by atoms with Crippen LogP contribution in [0.25, 0.3) is 0 Å². The second-order valence-electron chi connectivity index (χ2n) is 4.05. The van der Waals surface area contributed by atoms with Crippen molar-refractivity contribution < 1.29 is 13.0 Å². The van der Waals surface area contributed by atoms with Crippen LogP contribution in [-0.2, 0) is 23.1 Å². The second kappa shape index (κ2) is 6.04. The summed E-state index contributed by atoms with van der Waals surface area (Å²) in [6, 6.07) is 10.3. The summed E-state index contributed by atoms with van der Waals surface area (Å²) in [5.74, 6) is -1.06. The van der Waals surface area contributed by atoms with E-state index in [0.29, 0.717) is 11.1 Å².